The molecule has 2 aliphatic rings. The fraction of sp³-hybridized carbons (Fsp3) is 0.353. The summed E-state index contributed by atoms with van der Waals surface area (Å²) in [6.07, 6.45) is 5.57. The molecule has 2 aliphatic heterocycles. The van der Waals surface area contributed by atoms with Crippen LogP contribution in [0.15, 0.2) is 30.6 Å². The number of ether oxygens (including phenoxy) is 2. The van der Waals surface area contributed by atoms with E-state index in [0.29, 0.717) is 42.0 Å². The number of aromatic nitrogens is 2. The molecule has 0 atom stereocenters. The largest absolute Gasteiger partial charge is 0.486 e. The number of carbonyl (C=O) groups excluding carboxylic acids is 1. The van der Waals surface area contributed by atoms with Gasteiger partial charge in [-0.3, -0.25) is 0 Å². The SMILES string of the molecule is O=C(Nc1cnc(N2CCCC2)nc1)Nc1ccc2c(c1)OCCO2. The van der Waals surface area contributed by atoms with Gasteiger partial charge in [0.25, 0.3) is 0 Å². The van der Waals surface area contributed by atoms with E-state index in [9.17, 15) is 4.79 Å². The van der Waals surface area contributed by atoms with Gasteiger partial charge in [0, 0.05) is 24.8 Å². The third-order valence-electron chi connectivity index (χ3n) is 4.09. The average molecular weight is 341 g/mol. The van der Waals surface area contributed by atoms with E-state index in [4.69, 9.17) is 9.47 Å². The van der Waals surface area contributed by atoms with Crippen LogP contribution in [0, 0.1) is 0 Å². The molecular formula is C17H19N5O3. The number of hydrogen-bond donors (Lipinski definition) is 2. The number of rotatable bonds is 3. The highest BCUT2D eigenvalue weighted by Crippen LogP contribution is 2.32. The molecule has 1 saturated heterocycles. The van der Waals surface area contributed by atoms with Crippen molar-refractivity contribution in [1.82, 2.24) is 9.97 Å². The van der Waals surface area contributed by atoms with Crippen molar-refractivity contribution in [3.05, 3.63) is 30.6 Å². The van der Waals surface area contributed by atoms with Crippen LogP contribution in [-0.2, 0) is 0 Å². The van der Waals surface area contributed by atoms with Gasteiger partial charge in [-0.25, -0.2) is 14.8 Å². The predicted octanol–water partition coefficient (Wildman–Crippen LogP) is 2.49. The van der Waals surface area contributed by atoms with Crippen LogP contribution in [0.3, 0.4) is 0 Å². The third kappa shape index (κ3) is 3.57. The lowest BCUT2D eigenvalue weighted by Gasteiger charge is -2.19. The van der Waals surface area contributed by atoms with Crippen LogP contribution < -0.4 is 25.0 Å². The Hall–Kier alpha value is -3.03. The zero-order valence-electron chi connectivity index (χ0n) is 13.7. The van der Waals surface area contributed by atoms with Crippen LogP contribution >= 0.6 is 0 Å². The normalized spacial score (nSPS) is 15.8. The summed E-state index contributed by atoms with van der Waals surface area (Å²) in [6.45, 7) is 3.01. The van der Waals surface area contributed by atoms with Crippen molar-refractivity contribution in [2.24, 2.45) is 0 Å². The van der Waals surface area contributed by atoms with Crippen LogP contribution in [0.2, 0.25) is 0 Å². The van der Waals surface area contributed by atoms with Crippen LogP contribution in [0.25, 0.3) is 0 Å². The standard InChI is InChI=1S/C17H19N5O3/c23-17(20-12-3-4-14-15(9-12)25-8-7-24-14)21-13-10-18-16(19-11-13)22-5-1-2-6-22/h3-4,9-11H,1-2,5-8H2,(H2,20,21,23). The number of nitrogens with one attached hydrogen (secondary N) is 2. The molecule has 2 amide bonds. The highest BCUT2D eigenvalue weighted by Gasteiger charge is 2.15. The van der Waals surface area contributed by atoms with E-state index in [0.717, 1.165) is 13.1 Å². The molecule has 0 bridgehead atoms. The number of anilines is 3. The number of hydrogen-bond acceptors (Lipinski definition) is 6. The highest BCUT2D eigenvalue weighted by molar-refractivity contribution is 5.99. The van der Waals surface area contributed by atoms with E-state index in [2.05, 4.69) is 25.5 Å². The van der Waals surface area contributed by atoms with Crippen molar-refractivity contribution in [2.45, 2.75) is 12.8 Å². The van der Waals surface area contributed by atoms with E-state index >= 15 is 0 Å². The number of urea groups is 1. The molecule has 25 heavy (non-hydrogen) atoms. The van der Waals surface area contributed by atoms with Gasteiger partial charge in [0.05, 0.1) is 18.1 Å². The Balaban J connectivity index is 1.37. The fourth-order valence-corrected chi connectivity index (χ4v) is 2.88. The number of benzene rings is 1. The Morgan fingerprint density at radius 2 is 1.64 bits per heavy atom. The van der Waals surface area contributed by atoms with Crippen LogP contribution in [0.4, 0.5) is 22.1 Å². The molecule has 2 N–H and O–H groups in total. The summed E-state index contributed by atoms with van der Waals surface area (Å²) in [7, 11) is 0. The first kappa shape index (κ1) is 15.5. The van der Waals surface area contributed by atoms with Crippen LogP contribution in [0.5, 0.6) is 11.5 Å². The minimum Gasteiger partial charge on any atom is -0.486 e. The van der Waals surface area contributed by atoms with Crippen molar-refractivity contribution in [1.29, 1.82) is 0 Å². The summed E-state index contributed by atoms with van der Waals surface area (Å²) in [5.41, 5.74) is 1.16. The maximum Gasteiger partial charge on any atom is 0.323 e. The van der Waals surface area contributed by atoms with Gasteiger partial charge in [0.1, 0.15) is 13.2 Å². The monoisotopic (exact) mass is 341 g/mol. The number of fused-ring (bicyclic) bond motifs is 1. The molecule has 8 heteroatoms. The summed E-state index contributed by atoms with van der Waals surface area (Å²) in [6, 6.07) is 4.91. The second-order valence-electron chi connectivity index (χ2n) is 5.90. The average Bonchev–Trinajstić information content (AvgIpc) is 3.17. The summed E-state index contributed by atoms with van der Waals surface area (Å²) >= 11 is 0. The van der Waals surface area contributed by atoms with Gasteiger partial charge in [0.15, 0.2) is 11.5 Å². The number of nitrogens with zero attached hydrogens (tertiary/aromatic N) is 3. The topological polar surface area (TPSA) is 88.6 Å². The van der Waals surface area contributed by atoms with Crippen LogP contribution in [-0.4, -0.2) is 42.3 Å². The minimum atomic E-state index is -0.366. The van der Waals surface area contributed by atoms with Gasteiger partial charge in [-0.1, -0.05) is 0 Å². The van der Waals surface area contributed by atoms with Gasteiger partial charge in [-0.2, -0.15) is 0 Å². The van der Waals surface area contributed by atoms with Gasteiger partial charge >= 0.3 is 6.03 Å². The van der Waals surface area contributed by atoms with Crippen molar-refractivity contribution in [3.8, 4) is 11.5 Å². The maximum atomic E-state index is 12.1. The zero-order valence-corrected chi connectivity index (χ0v) is 13.7. The third-order valence-corrected chi connectivity index (χ3v) is 4.09. The van der Waals surface area contributed by atoms with Crippen molar-refractivity contribution in [3.63, 3.8) is 0 Å². The Morgan fingerprint density at radius 3 is 2.40 bits per heavy atom. The summed E-state index contributed by atoms with van der Waals surface area (Å²) in [5.74, 6) is 2.01. The maximum absolute atomic E-state index is 12.1. The molecule has 0 radical (unpaired) electrons. The quantitative estimate of drug-likeness (QED) is 0.892. The molecule has 130 valence electrons. The molecule has 0 unspecified atom stereocenters. The second kappa shape index (κ2) is 6.84. The molecule has 3 heterocycles. The van der Waals surface area contributed by atoms with Crippen molar-refractivity contribution in [2.75, 3.05) is 41.8 Å². The lowest BCUT2D eigenvalue weighted by atomic mass is 10.2. The van der Waals surface area contributed by atoms with E-state index < -0.39 is 0 Å². The molecule has 0 spiro atoms. The Kier molecular flexibility index (Phi) is 4.24. The Morgan fingerprint density at radius 1 is 0.960 bits per heavy atom. The molecule has 1 aromatic carbocycles. The molecule has 1 fully saturated rings. The Labute approximate surface area is 145 Å². The summed E-state index contributed by atoms with van der Waals surface area (Å²) < 4.78 is 11.0. The van der Waals surface area contributed by atoms with E-state index in [1.807, 2.05) is 0 Å². The van der Waals surface area contributed by atoms with Gasteiger partial charge in [0.2, 0.25) is 5.95 Å². The molecule has 2 aromatic rings. The van der Waals surface area contributed by atoms with E-state index in [1.165, 1.54) is 12.8 Å². The molecule has 8 nitrogen and oxygen atoms in total. The zero-order chi connectivity index (χ0) is 17.1. The first-order valence-electron chi connectivity index (χ1n) is 8.32. The minimum absolute atomic E-state index is 0.366. The van der Waals surface area contributed by atoms with Gasteiger partial charge in [-0.05, 0) is 25.0 Å². The lowest BCUT2D eigenvalue weighted by Crippen LogP contribution is -2.22. The van der Waals surface area contributed by atoms with Crippen molar-refractivity contribution < 1.29 is 14.3 Å². The van der Waals surface area contributed by atoms with Gasteiger partial charge in [-0.15, -0.1) is 0 Å². The molecule has 0 aliphatic carbocycles. The second-order valence-corrected chi connectivity index (χ2v) is 5.90. The first-order chi connectivity index (χ1) is 12.3. The lowest BCUT2D eigenvalue weighted by molar-refractivity contribution is 0.171. The van der Waals surface area contributed by atoms with Gasteiger partial charge < -0.3 is 25.0 Å². The summed E-state index contributed by atoms with van der Waals surface area (Å²) in [4.78, 5) is 22.9. The fourth-order valence-electron chi connectivity index (χ4n) is 2.88. The molecule has 1 aromatic heterocycles. The predicted molar refractivity (Wildman–Crippen MR) is 93.6 cm³/mol. The van der Waals surface area contributed by atoms with Crippen LogP contribution in [0.1, 0.15) is 12.8 Å². The summed E-state index contributed by atoms with van der Waals surface area (Å²) in [5, 5.41) is 5.48. The van der Waals surface area contributed by atoms with Crippen molar-refractivity contribution >= 4 is 23.4 Å². The van der Waals surface area contributed by atoms with E-state index in [-0.39, 0.29) is 6.03 Å². The highest BCUT2D eigenvalue weighted by atomic mass is 16.6. The smallest absolute Gasteiger partial charge is 0.323 e. The van der Waals surface area contributed by atoms with E-state index in [1.54, 1.807) is 30.6 Å². The number of amides is 2. The number of carbonyl (C=O) groups is 1. The molecule has 0 saturated carbocycles. The molecular weight excluding hydrogens is 322 g/mol. The Bertz CT molecular complexity index is 759. The first-order valence-corrected chi connectivity index (χ1v) is 8.32. The molecule has 4 rings (SSSR count).